The molecule has 0 radical (unpaired) electrons. The van der Waals surface area contributed by atoms with Gasteiger partial charge in [-0.05, 0) is 18.2 Å². The van der Waals surface area contributed by atoms with E-state index >= 15 is 0 Å². The second-order valence-corrected chi connectivity index (χ2v) is 4.14. The highest BCUT2D eigenvalue weighted by atomic mass is 35.5. The smallest absolute Gasteiger partial charge is 0.289 e. The van der Waals surface area contributed by atoms with Crippen molar-refractivity contribution in [1.29, 1.82) is 0 Å². The summed E-state index contributed by atoms with van der Waals surface area (Å²) in [5.41, 5.74) is -0.248. The van der Waals surface area contributed by atoms with Gasteiger partial charge in [-0.1, -0.05) is 41.4 Å². The number of para-hydroxylation sites is 1. The van der Waals surface area contributed by atoms with Gasteiger partial charge in [0.2, 0.25) is 0 Å². The van der Waals surface area contributed by atoms with E-state index in [-0.39, 0.29) is 21.5 Å². The van der Waals surface area contributed by atoms with Crippen molar-refractivity contribution in [3.63, 3.8) is 0 Å². The molecule has 92 valence electrons. The van der Waals surface area contributed by atoms with Crippen LogP contribution in [0.4, 0.5) is 5.69 Å². The molecule has 18 heavy (non-hydrogen) atoms. The van der Waals surface area contributed by atoms with Gasteiger partial charge in [0.25, 0.3) is 5.69 Å². The lowest BCUT2D eigenvalue weighted by Gasteiger charge is -2.08. The minimum atomic E-state index is -0.597. The Morgan fingerprint density at radius 1 is 1.00 bits per heavy atom. The van der Waals surface area contributed by atoms with Crippen molar-refractivity contribution in [3.05, 3.63) is 62.6 Å². The molecule has 6 heteroatoms. The topological polar surface area (TPSA) is 52.4 Å². The first-order chi connectivity index (χ1) is 8.59. The van der Waals surface area contributed by atoms with Crippen LogP contribution < -0.4 is 4.74 Å². The van der Waals surface area contributed by atoms with Gasteiger partial charge in [-0.2, -0.15) is 0 Å². The predicted molar refractivity (Wildman–Crippen MR) is 69.6 cm³/mol. The van der Waals surface area contributed by atoms with Crippen LogP contribution in [0.2, 0.25) is 10.0 Å². The fourth-order valence-electron chi connectivity index (χ4n) is 1.36. The summed E-state index contributed by atoms with van der Waals surface area (Å²) >= 11 is 11.7. The highest BCUT2D eigenvalue weighted by molar-refractivity contribution is 6.44. The standard InChI is InChI=1S/C12H7Cl2NO3/c13-11-9(15(16)17)6-7-10(12(11)14)18-8-4-2-1-3-5-8/h1-7H. The van der Waals surface area contributed by atoms with Gasteiger partial charge in [-0.15, -0.1) is 0 Å². The Morgan fingerprint density at radius 3 is 2.28 bits per heavy atom. The van der Waals surface area contributed by atoms with Crippen molar-refractivity contribution in [1.82, 2.24) is 0 Å². The number of hydrogen-bond donors (Lipinski definition) is 0. The molecule has 4 nitrogen and oxygen atoms in total. The molecule has 0 amide bonds. The zero-order valence-corrected chi connectivity index (χ0v) is 10.5. The van der Waals surface area contributed by atoms with Gasteiger partial charge >= 0.3 is 0 Å². The van der Waals surface area contributed by atoms with Gasteiger partial charge in [-0.25, -0.2) is 0 Å². The number of nitro groups is 1. The Kier molecular flexibility index (Phi) is 3.69. The predicted octanol–water partition coefficient (Wildman–Crippen LogP) is 4.69. The molecular weight excluding hydrogens is 277 g/mol. The van der Waals surface area contributed by atoms with Crippen molar-refractivity contribution in [3.8, 4) is 11.5 Å². The molecule has 0 aliphatic heterocycles. The van der Waals surface area contributed by atoms with Gasteiger partial charge in [0, 0.05) is 6.07 Å². The minimum Gasteiger partial charge on any atom is -0.456 e. The summed E-state index contributed by atoms with van der Waals surface area (Å²) in [6, 6.07) is 11.6. The molecule has 0 fully saturated rings. The molecule has 2 rings (SSSR count). The monoisotopic (exact) mass is 283 g/mol. The summed E-state index contributed by atoms with van der Waals surface area (Å²) in [7, 11) is 0. The quantitative estimate of drug-likeness (QED) is 0.606. The maximum atomic E-state index is 10.7. The van der Waals surface area contributed by atoms with Crippen molar-refractivity contribution in [2.45, 2.75) is 0 Å². The van der Waals surface area contributed by atoms with Gasteiger partial charge in [0.15, 0.2) is 0 Å². The zero-order valence-electron chi connectivity index (χ0n) is 8.97. The molecule has 0 heterocycles. The van der Waals surface area contributed by atoms with Crippen LogP contribution in [0.3, 0.4) is 0 Å². The van der Waals surface area contributed by atoms with Crippen LogP contribution in [0.1, 0.15) is 0 Å². The van der Waals surface area contributed by atoms with E-state index in [1.807, 2.05) is 6.07 Å². The summed E-state index contributed by atoms with van der Waals surface area (Å²) in [5.74, 6) is 0.850. The Morgan fingerprint density at radius 2 is 1.67 bits per heavy atom. The second kappa shape index (κ2) is 5.25. The van der Waals surface area contributed by atoms with E-state index in [2.05, 4.69) is 0 Å². The molecule has 0 aliphatic rings. The molecule has 0 spiro atoms. The molecule has 0 saturated heterocycles. The van der Waals surface area contributed by atoms with Crippen molar-refractivity contribution in [2.24, 2.45) is 0 Å². The molecule has 2 aromatic carbocycles. The van der Waals surface area contributed by atoms with E-state index in [1.165, 1.54) is 12.1 Å². The zero-order chi connectivity index (χ0) is 13.1. The number of rotatable bonds is 3. The molecule has 0 N–H and O–H groups in total. The molecular formula is C12H7Cl2NO3. The van der Waals surface area contributed by atoms with Gasteiger partial charge < -0.3 is 4.74 Å². The SMILES string of the molecule is O=[N+]([O-])c1ccc(Oc2ccccc2)c(Cl)c1Cl. The molecule has 0 bridgehead atoms. The average molecular weight is 284 g/mol. The van der Waals surface area contributed by atoms with Crippen LogP contribution in [0.15, 0.2) is 42.5 Å². The highest BCUT2D eigenvalue weighted by Crippen LogP contribution is 2.40. The van der Waals surface area contributed by atoms with Crippen LogP contribution in [-0.4, -0.2) is 4.92 Å². The molecule has 0 aliphatic carbocycles. The third-order valence-electron chi connectivity index (χ3n) is 2.19. The van der Waals surface area contributed by atoms with Crippen LogP contribution in [0.5, 0.6) is 11.5 Å². The van der Waals surface area contributed by atoms with Crippen molar-refractivity contribution >= 4 is 28.9 Å². The second-order valence-electron chi connectivity index (χ2n) is 3.38. The van der Waals surface area contributed by atoms with E-state index in [4.69, 9.17) is 27.9 Å². The lowest BCUT2D eigenvalue weighted by atomic mass is 10.3. The number of benzene rings is 2. The number of nitrogens with zero attached hydrogens (tertiary/aromatic N) is 1. The average Bonchev–Trinajstić information content (AvgIpc) is 2.36. The summed E-state index contributed by atoms with van der Waals surface area (Å²) in [6.07, 6.45) is 0. The van der Waals surface area contributed by atoms with Crippen LogP contribution in [-0.2, 0) is 0 Å². The third kappa shape index (κ3) is 2.55. The van der Waals surface area contributed by atoms with E-state index < -0.39 is 4.92 Å². The van der Waals surface area contributed by atoms with Gasteiger partial charge in [0.05, 0.1) is 4.92 Å². The number of hydrogen-bond acceptors (Lipinski definition) is 3. The van der Waals surface area contributed by atoms with Gasteiger partial charge in [-0.3, -0.25) is 10.1 Å². The van der Waals surface area contributed by atoms with Crippen LogP contribution >= 0.6 is 23.2 Å². The molecule has 0 atom stereocenters. The Hall–Kier alpha value is -1.78. The fraction of sp³-hybridized carbons (Fsp3) is 0. The summed E-state index contributed by atoms with van der Waals surface area (Å²) in [5, 5.41) is 10.6. The van der Waals surface area contributed by atoms with Crippen LogP contribution in [0, 0.1) is 10.1 Å². The molecule has 0 unspecified atom stereocenters. The van der Waals surface area contributed by atoms with Gasteiger partial charge in [0.1, 0.15) is 21.5 Å². The highest BCUT2D eigenvalue weighted by Gasteiger charge is 2.19. The lowest BCUT2D eigenvalue weighted by Crippen LogP contribution is -1.92. The molecule has 0 aromatic heterocycles. The minimum absolute atomic E-state index is 0.0229. The first-order valence-electron chi connectivity index (χ1n) is 4.95. The van der Waals surface area contributed by atoms with E-state index in [0.717, 1.165) is 0 Å². The Balaban J connectivity index is 2.36. The van der Waals surface area contributed by atoms with E-state index in [1.54, 1.807) is 24.3 Å². The Labute approximate surface area is 113 Å². The first-order valence-corrected chi connectivity index (χ1v) is 5.70. The van der Waals surface area contributed by atoms with E-state index in [9.17, 15) is 10.1 Å². The first kappa shape index (κ1) is 12.7. The fourth-order valence-corrected chi connectivity index (χ4v) is 1.78. The van der Waals surface area contributed by atoms with E-state index in [0.29, 0.717) is 5.75 Å². The summed E-state index contributed by atoms with van der Waals surface area (Å²) in [4.78, 5) is 10.1. The maximum absolute atomic E-state index is 10.7. The number of nitro benzene ring substituents is 1. The normalized spacial score (nSPS) is 10.1. The van der Waals surface area contributed by atoms with Crippen LogP contribution in [0.25, 0.3) is 0 Å². The molecule has 2 aromatic rings. The van der Waals surface area contributed by atoms with Crippen molar-refractivity contribution < 1.29 is 9.66 Å². The third-order valence-corrected chi connectivity index (χ3v) is 3.05. The lowest BCUT2D eigenvalue weighted by molar-refractivity contribution is -0.384. The summed E-state index contributed by atoms with van der Waals surface area (Å²) in [6.45, 7) is 0. The number of halogens is 2. The molecule has 0 saturated carbocycles. The summed E-state index contributed by atoms with van der Waals surface area (Å²) < 4.78 is 5.49. The number of ether oxygens (including phenoxy) is 1. The maximum Gasteiger partial charge on any atom is 0.289 e. The largest absolute Gasteiger partial charge is 0.456 e. The van der Waals surface area contributed by atoms with Crippen molar-refractivity contribution in [2.75, 3.05) is 0 Å². The Bertz CT molecular complexity index is 587.